The van der Waals surface area contributed by atoms with Crippen molar-refractivity contribution in [2.45, 2.75) is 39.2 Å². The molecule has 0 spiro atoms. The highest BCUT2D eigenvalue weighted by molar-refractivity contribution is 5.85. The van der Waals surface area contributed by atoms with Crippen molar-refractivity contribution in [3.8, 4) is 11.4 Å². The molecule has 1 N–H and O–H groups in total. The van der Waals surface area contributed by atoms with Crippen LogP contribution in [0.5, 0.6) is 0 Å². The minimum absolute atomic E-state index is 0. The van der Waals surface area contributed by atoms with Crippen LogP contribution in [0.15, 0.2) is 22.7 Å². The van der Waals surface area contributed by atoms with Gasteiger partial charge in [-0.15, -0.1) is 12.4 Å². The molecule has 1 saturated heterocycles. The Hall–Kier alpha value is -1.99. The van der Waals surface area contributed by atoms with Gasteiger partial charge in [-0.25, -0.2) is 4.39 Å². The third-order valence-corrected chi connectivity index (χ3v) is 6.09. The maximum absolute atomic E-state index is 13.4. The summed E-state index contributed by atoms with van der Waals surface area (Å²) in [7, 11) is 0. The summed E-state index contributed by atoms with van der Waals surface area (Å²) < 4.78 is 18.9. The fraction of sp³-hybridized carbons (Fsp3) is 0.526. The van der Waals surface area contributed by atoms with E-state index in [0.29, 0.717) is 29.4 Å². The van der Waals surface area contributed by atoms with Crippen molar-refractivity contribution in [2.75, 3.05) is 13.1 Å². The molecule has 2 fully saturated rings. The minimum atomic E-state index is -0.692. The highest BCUT2D eigenvalue weighted by Gasteiger charge is 2.55. The first kappa shape index (κ1) is 19.8. The second kappa shape index (κ2) is 7.20. The van der Waals surface area contributed by atoms with Crippen molar-refractivity contribution in [3.05, 3.63) is 35.5 Å². The smallest absolute Gasteiger partial charge is 0.311 e. The number of aliphatic carboxylic acids is 1. The van der Waals surface area contributed by atoms with Gasteiger partial charge >= 0.3 is 5.97 Å². The van der Waals surface area contributed by atoms with Gasteiger partial charge in [0.05, 0.1) is 11.5 Å². The average molecular weight is 396 g/mol. The van der Waals surface area contributed by atoms with E-state index in [-0.39, 0.29) is 30.2 Å². The molecule has 2 aromatic rings. The predicted molar refractivity (Wildman–Crippen MR) is 99.1 cm³/mol. The quantitative estimate of drug-likeness (QED) is 0.846. The third-order valence-electron chi connectivity index (χ3n) is 6.09. The number of carboxylic acid groups (broad SMARTS) is 1. The van der Waals surface area contributed by atoms with Gasteiger partial charge in [0.25, 0.3) is 0 Å². The van der Waals surface area contributed by atoms with E-state index >= 15 is 0 Å². The molecular formula is C19H23ClFN3O3. The number of likely N-dealkylation sites (tertiary alicyclic amines) is 1. The molecule has 8 heteroatoms. The van der Waals surface area contributed by atoms with Crippen LogP contribution in [0.25, 0.3) is 11.4 Å². The second-order valence-electron chi connectivity index (χ2n) is 7.58. The Morgan fingerprint density at radius 2 is 2.26 bits per heavy atom. The van der Waals surface area contributed by atoms with Gasteiger partial charge in [-0.05, 0) is 56.4 Å². The second-order valence-corrected chi connectivity index (χ2v) is 7.58. The number of aryl methyl sites for hydroxylation is 1. The fourth-order valence-electron chi connectivity index (χ4n) is 4.43. The fourth-order valence-corrected chi connectivity index (χ4v) is 4.43. The van der Waals surface area contributed by atoms with E-state index in [1.54, 1.807) is 19.1 Å². The molecule has 27 heavy (non-hydrogen) atoms. The van der Waals surface area contributed by atoms with Crippen LogP contribution in [0.1, 0.15) is 43.7 Å². The predicted octanol–water partition coefficient (Wildman–Crippen LogP) is 3.85. The van der Waals surface area contributed by atoms with E-state index in [1.807, 2.05) is 6.92 Å². The van der Waals surface area contributed by atoms with Crippen LogP contribution in [0, 0.1) is 24.1 Å². The van der Waals surface area contributed by atoms with E-state index < -0.39 is 11.4 Å². The van der Waals surface area contributed by atoms with Gasteiger partial charge in [-0.3, -0.25) is 9.69 Å². The summed E-state index contributed by atoms with van der Waals surface area (Å²) in [6.07, 6.45) is 2.67. The van der Waals surface area contributed by atoms with Crippen LogP contribution in [0.3, 0.4) is 0 Å². The zero-order chi connectivity index (χ0) is 18.5. The van der Waals surface area contributed by atoms with E-state index in [9.17, 15) is 14.3 Å². The number of rotatable bonds is 4. The zero-order valence-electron chi connectivity index (χ0n) is 15.3. The minimum Gasteiger partial charge on any atom is -0.481 e. The zero-order valence-corrected chi connectivity index (χ0v) is 16.1. The summed E-state index contributed by atoms with van der Waals surface area (Å²) in [5, 5.41) is 13.8. The van der Waals surface area contributed by atoms with Gasteiger partial charge in [0.15, 0.2) is 0 Å². The Balaban J connectivity index is 0.00000210. The van der Waals surface area contributed by atoms with Gasteiger partial charge in [0.1, 0.15) is 5.82 Å². The van der Waals surface area contributed by atoms with Crippen LogP contribution in [0.4, 0.5) is 4.39 Å². The molecule has 6 nitrogen and oxygen atoms in total. The summed E-state index contributed by atoms with van der Waals surface area (Å²) in [5.74, 6) is 0.102. The number of hydrogen-bond acceptors (Lipinski definition) is 5. The molecular weight excluding hydrogens is 373 g/mol. The summed E-state index contributed by atoms with van der Waals surface area (Å²) in [5.41, 5.74) is 0.592. The molecule has 146 valence electrons. The Bertz CT molecular complexity index is 858. The Morgan fingerprint density at radius 3 is 2.93 bits per heavy atom. The standard InChI is InChI=1S/C19H22FN3O3.ClH/c1-11-8-13(5-6-15(11)20)16-21-17(26-22-16)12(2)23-9-14-4-3-7-19(14,10-23)18(24)25;/h5-6,8,12,14H,3-4,7,9-10H2,1-2H3,(H,24,25);1H/t12?,14-,19+;/m0./s1. The molecule has 1 unspecified atom stereocenters. The maximum Gasteiger partial charge on any atom is 0.311 e. The molecule has 1 aliphatic heterocycles. The first-order chi connectivity index (χ1) is 12.4. The van der Waals surface area contributed by atoms with Crippen molar-refractivity contribution in [2.24, 2.45) is 11.3 Å². The van der Waals surface area contributed by atoms with Crippen LogP contribution in [0.2, 0.25) is 0 Å². The maximum atomic E-state index is 13.4. The largest absolute Gasteiger partial charge is 0.481 e. The monoisotopic (exact) mass is 395 g/mol. The van der Waals surface area contributed by atoms with Gasteiger partial charge < -0.3 is 9.63 Å². The number of halogens is 2. The molecule has 0 amide bonds. The summed E-state index contributed by atoms with van der Waals surface area (Å²) >= 11 is 0. The Labute approximate surface area is 163 Å². The van der Waals surface area contributed by atoms with Crippen molar-refractivity contribution in [1.82, 2.24) is 15.0 Å². The van der Waals surface area contributed by atoms with Crippen molar-refractivity contribution in [3.63, 3.8) is 0 Å². The molecule has 3 atom stereocenters. The topological polar surface area (TPSA) is 79.5 Å². The molecule has 2 heterocycles. The molecule has 2 aliphatic rings. The van der Waals surface area contributed by atoms with Gasteiger partial charge in [0, 0.05) is 18.7 Å². The normalized spacial score (nSPS) is 25.8. The first-order valence-electron chi connectivity index (χ1n) is 8.98. The van der Waals surface area contributed by atoms with E-state index in [1.165, 1.54) is 6.07 Å². The number of carboxylic acids is 1. The highest BCUT2D eigenvalue weighted by atomic mass is 35.5. The summed E-state index contributed by atoms with van der Waals surface area (Å²) in [6.45, 7) is 4.91. The van der Waals surface area contributed by atoms with Crippen molar-refractivity contribution in [1.29, 1.82) is 0 Å². The van der Waals surface area contributed by atoms with E-state index in [0.717, 1.165) is 25.8 Å². The molecule has 1 aliphatic carbocycles. The van der Waals surface area contributed by atoms with Gasteiger partial charge in [-0.2, -0.15) is 4.98 Å². The molecule has 0 radical (unpaired) electrons. The third kappa shape index (κ3) is 3.23. The molecule has 1 aromatic heterocycles. The molecule has 4 rings (SSSR count). The summed E-state index contributed by atoms with van der Waals surface area (Å²) in [6, 6.07) is 4.55. The number of nitrogens with zero attached hydrogens (tertiary/aromatic N) is 3. The number of carbonyl (C=O) groups is 1. The lowest BCUT2D eigenvalue weighted by atomic mass is 9.81. The Kier molecular flexibility index (Phi) is 5.27. The van der Waals surface area contributed by atoms with Crippen molar-refractivity contribution >= 4 is 18.4 Å². The Morgan fingerprint density at radius 1 is 1.48 bits per heavy atom. The number of hydrogen-bond donors (Lipinski definition) is 1. The van der Waals surface area contributed by atoms with Gasteiger partial charge in [-0.1, -0.05) is 11.6 Å². The van der Waals surface area contributed by atoms with Gasteiger partial charge in [0.2, 0.25) is 11.7 Å². The van der Waals surface area contributed by atoms with Crippen LogP contribution in [-0.2, 0) is 4.79 Å². The van der Waals surface area contributed by atoms with Crippen LogP contribution >= 0.6 is 12.4 Å². The van der Waals surface area contributed by atoms with E-state index in [2.05, 4.69) is 15.0 Å². The number of benzene rings is 1. The van der Waals surface area contributed by atoms with Crippen molar-refractivity contribution < 1.29 is 18.8 Å². The number of fused-ring (bicyclic) bond motifs is 1. The van der Waals surface area contributed by atoms with Crippen LogP contribution < -0.4 is 0 Å². The lowest BCUT2D eigenvalue weighted by Crippen LogP contribution is -2.36. The highest BCUT2D eigenvalue weighted by Crippen LogP contribution is 2.50. The molecule has 0 bridgehead atoms. The molecule has 1 aromatic carbocycles. The average Bonchev–Trinajstić information content (AvgIpc) is 3.30. The lowest BCUT2D eigenvalue weighted by molar-refractivity contribution is -0.149. The van der Waals surface area contributed by atoms with Crippen LogP contribution in [-0.4, -0.2) is 39.2 Å². The lowest BCUT2D eigenvalue weighted by Gasteiger charge is -2.25. The SMILES string of the molecule is Cc1cc(-c2noc(C(C)N3C[C@@H]4CCC[C@@]4(C(=O)O)C3)n2)ccc1F.Cl. The molecule has 1 saturated carbocycles. The van der Waals surface area contributed by atoms with E-state index in [4.69, 9.17) is 4.52 Å². The summed E-state index contributed by atoms with van der Waals surface area (Å²) in [4.78, 5) is 18.4. The number of aromatic nitrogens is 2. The first-order valence-corrected chi connectivity index (χ1v) is 8.98.